The molecule has 0 saturated heterocycles. The van der Waals surface area contributed by atoms with Crippen LogP contribution in [0.5, 0.6) is 0 Å². The highest BCUT2D eigenvalue weighted by Gasteiger charge is 2.24. The summed E-state index contributed by atoms with van der Waals surface area (Å²) in [4.78, 5) is 0. The van der Waals surface area contributed by atoms with Crippen molar-refractivity contribution in [3.8, 4) is 0 Å². The van der Waals surface area contributed by atoms with Crippen LogP contribution in [0, 0.1) is 0 Å². The molecule has 104 valence electrons. The third-order valence-corrected chi connectivity index (χ3v) is 4.14. The summed E-state index contributed by atoms with van der Waals surface area (Å²) >= 11 is 6.14. The van der Waals surface area contributed by atoms with Crippen LogP contribution in [-0.2, 0) is 11.2 Å². The highest BCUT2D eigenvalue weighted by atomic mass is 35.5. The Morgan fingerprint density at radius 2 is 1.90 bits per heavy atom. The van der Waals surface area contributed by atoms with Crippen LogP contribution in [0.15, 0.2) is 48.5 Å². The van der Waals surface area contributed by atoms with Gasteiger partial charge in [-0.15, -0.1) is 0 Å². The van der Waals surface area contributed by atoms with Crippen LogP contribution in [0.25, 0.3) is 0 Å². The predicted molar refractivity (Wildman–Crippen MR) is 79.9 cm³/mol. The van der Waals surface area contributed by atoms with E-state index in [1.165, 1.54) is 11.1 Å². The van der Waals surface area contributed by atoms with Crippen LogP contribution >= 0.6 is 11.6 Å². The van der Waals surface area contributed by atoms with E-state index in [-0.39, 0.29) is 6.10 Å². The third kappa shape index (κ3) is 2.73. The molecule has 1 N–H and O–H groups in total. The summed E-state index contributed by atoms with van der Waals surface area (Å²) in [5.41, 5.74) is 3.26. The van der Waals surface area contributed by atoms with Crippen molar-refractivity contribution in [1.82, 2.24) is 0 Å². The molecule has 2 aromatic rings. The van der Waals surface area contributed by atoms with E-state index >= 15 is 0 Å². The number of hydrogen-bond donors (Lipinski definition) is 1. The highest BCUT2D eigenvalue weighted by molar-refractivity contribution is 6.31. The Kier molecular flexibility index (Phi) is 4.06. The number of ether oxygens (including phenoxy) is 1. The van der Waals surface area contributed by atoms with Gasteiger partial charge in [0.1, 0.15) is 0 Å². The van der Waals surface area contributed by atoms with Crippen molar-refractivity contribution in [2.24, 2.45) is 0 Å². The zero-order valence-corrected chi connectivity index (χ0v) is 11.9. The molecule has 0 aromatic heterocycles. The minimum atomic E-state index is -0.611. The SMILES string of the molecule is OC(CC1OCCc2ccccc21)c1ccccc1Cl. The van der Waals surface area contributed by atoms with Crippen LogP contribution in [0.2, 0.25) is 5.02 Å². The van der Waals surface area contributed by atoms with Gasteiger partial charge in [-0.1, -0.05) is 54.1 Å². The van der Waals surface area contributed by atoms with Gasteiger partial charge >= 0.3 is 0 Å². The van der Waals surface area contributed by atoms with Gasteiger partial charge in [0.05, 0.1) is 18.8 Å². The summed E-state index contributed by atoms with van der Waals surface area (Å²) in [5, 5.41) is 11.0. The Bertz CT molecular complexity index is 597. The Balaban J connectivity index is 1.81. The Hall–Kier alpha value is -1.35. The van der Waals surface area contributed by atoms with Gasteiger partial charge in [-0.2, -0.15) is 0 Å². The van der Waals surface area contributed by atoms with Crippen molar-refractivity contribution < 1.29 is 9.84 Å². The highest BCUT2D eigenvalue weighted by Crippen LogP contribution is 2.35. The molecule has 2 aromatic carbocycles. The predicted octanol–water partition coefficient (Wildman–Crippen LogP) is 4.08. The van der Waals surface area contributed by atoms with E-state index in [4.69, 9.17) is 16.3 Å². The molecule has 1 aliphatic rings. The fraction of sp³-hybridized carbons (Fsp3) is 0.294. The lowest BCUT2D eigenvalue weighted by atomic mass is 9.92. The van der Waals surface area contributed by atoms with E-state index < -0.39 is 6.10 Å². The first-order chi connectivity index (χ1) is 9.75. The van der Waals surface area contributed by atoms with E-state index in [2.05, 4.69) is 12.1 Å². The Labute approximate surface area is 124 Å². The Morgan fingerprint density at radius 3 is 2.75 bits per heavy atom. The standard InChI is InChI=1S/C17H17ClO2/c18-15-8-4-3-7-14(15)16(19)11-17-13-6-2-1-5-12(13)9-10-20-17/h1-8,16-17,19H,9-11H2. The minimum Gasteiger partial charge on any atom is -0.388 e. The molecular weight excluding hydrogens is 272 g/mol. The average molecular weight is 289 g/mol. The van der Waals surface area contributed by atoms with Gasteiger partial charge in [-0.05, 0) is 29.2 Å². The number of halogens is 1. The molecule has 0 spiro atoms. The molecule has 0 amide bonds. The van der Waals surface area contributed by atoms with Crippen molar-refractivity contribution in [2.75, 3.05) is 6.61 Å². The summed E-state index contributed by atoms with van der Waals surface area (Å²) in [6.45, 7) is 0.705. The molecule has 2 nitrogen and oxygen atoms in total. The van der Waals surface area contributed by atoms with Crippen LogP contribution < -0.4 is 0 Å². The zero-order valence-electron chi connectivity index (χ0n) is 11.1. The normalized spacial score (nSPS) is 19.4. The maximum Gasteiger partial charge on any atom is 0.0855 e. The quantitative estimate of drug-likeness (QED) is 0.922. The monoisotopic (exact) mass is 288 g/mol. The largest absolute Gasteiger partial charge is 0.388 e. The maximum atomic E-state index is 10.4. The molecular formula is C17H17ClO2. The fourth-order valence-corrected chi connectivity index (χ4v) is 3.01. The molecule has 0 saturated carbocycles. The number of aliphatic hydroxyl groups excluding tert-OH is 1. The molecule has 3 heteroatoms. The first-order valence-corrected chi connectivity index (χ1v) is 7.25. The van der Waals surface area contributed by atoms with Crippen LogP contribution in [-0.4, -0.2) is 11.7 Å². The van der Waals surface area contributed by atoms with E-state index in [1.54, 1.807) is 6.07 Å². The molecule has 3 rings (SSSR count). The first-order valence-electron chi connectivity index (χ1n) is 6.87. The summed E-state index contributed by atoms with van der Waals surface area (Å²) < 4.78 is 5.83. The lowest BCUT2D eigenvalue weighted by molar-refractivity contribution is 0.00379. The lowest BCUT2D eigenvalue weighted by Gasteiger charge is -2.28. The van der Waals surface area contributed by atoms with Gasteiger partial charge in [0.15, 0.2) is 0 Å². The van der Waals surface area contributed by atoms with Crippen LogP contribution in [0.3, 0.4) is 0 Å². The van der Waals surface area contributed by atoms with Crippen LogP contribution in [0.1, 0.15) is 35.3 Å². The number of rotatable bonds is 3. The molecule has 0 aliphatic carbocycles. The van der Waals surface area contributed by atoms with Crippen molar-refractivity contribution >= 4 is 11.6 Å². The summed E-state index contributed by atoms with van der Waals surface area (Å²) in [6.07, 6.45) is 0.793. The van der Waals surface area contributed by atoms with Gasteiger partial charge in [0, 0.05) is 11.4 Å². The zero-order chi connectivity index (χ0) is 13.9. The molecule has 2 atom stereocenters. The summed E-state index contributed by atoms with van der Waals surface area (Å²) in [6, 6.07) is 15.7. The maximum absolute atomic E-state index is 10.4. The molecule has 0 fully saturated rings. The molecule has 1 heterocycles. The number of fused-ring (bicyclic) bond motifs is 1. The van der Waals surface area contributed by atoms with E-state index in [1.807, 2.05) is 30.3 Å². The molecule has 20 heavy (non-hydrogen) atoms. The van der Waals surface area contributed by atoms with Crippen molar-refractivity contribution in [3.05, 3.63) is 70.2 Å². The fourth-order valence-electron chi connectivity index (χ4n) is 2.75. The van der Waals surface area contributed by atoms with Gasteiger partial charge in [-0.25, -0.2) is 0 Å². The molecule has 0 bridgehead atoms. The van der Waals surface area contributed by atoms with Gasteiger partial charge in [-0.3, -0.25) is 0 Å². The van der Waals surface area contributed by atoms with Gasteiger partial charge in [0.25, 0.3) is 0 Å². The van der Waals surface area contributed by atoms with E-state index in [0.717, 1.165) is 12.0 Å². The number of aliphatic hydroxyl groups is 1. The van der Waals surface area contributed by atoms with Gasteiger partial charge < -0.3 is 9.84 Å². The summed E-state index contributed by atoms with van der Waals surface area (Å²) in [7, 11) is 0. The van der Waals surface area contributed by atoms with E-state index in [9.17, 15) is 5.11 Å². The average Bonchev–Trinajstić information content (AvgIpc) is 2.48. The first kappa shape index (κ1) is 13.6. The number of benzene rings is 2. The van der Waals surface area contributed by atoms with Crippen molar-refractivity contribution in [3.63, 3.8) is 0 Å². The van der Waals surface area contributed by atoms with Gasteiger partial charge in [0.2, 0.25) is 0 Å². The van der Waals surface area contributed by atoms with Crippen molar-refractivity contribution in [1.29, 1.82) is 0 Å². The van der Waals surface area contributed by atoms with Crippen LogP contribution in [0.4, 0.5) is 0 Å². The second kappa shape index (κ2) is 5.96. The molecule has 0 radical (unpaired) electrons. The Morgan fingerprint density at radius 1 is 1.15 bits per heavy atom. The minimum absolute atomic E-state index is 0.0637. The second-order valence-electron chi connectivity index (χ2n) is 5.08. The summed E-state index contributed by atoms with van der Waals surface area (Å²) in [5.74, 6) is 0. The molecule has 1 aliphatic heterocycles. The molecule has 2 unspecified atom stereocenters. The lowest BCUT2D eigenvalue weighted by Crippen LogP contribution is -2.18. The van der Waals surface area contributed by atoms with Crippen molar-refractivity contribution in [2.45, 2.75) is 25.0 Å². The second-order valence-corrected chi connectivity index (χ2v) is 5.49. The number of hydrogen-bond acceptors (Lipinski definition) is 2. The smallest absolute Gasteiger partial charge is 0.0855 e. The third-order valence-electron chi connectivity index (χ3n) is 3.79. The topological polar surface area (TPSA) is 29.5 Å². The van der Waals surface area contributed by atoms with E-state index in [0.29, 0.717) is 18.1 Å².